The zero-order chi connectivity index (χ0) is 10.1. The van der Waals surface area contributed by atoms with Crippen molar-refractivity contribution in [1.82, 2.24) is 4.98 Å². The van der Waals surface area contributed by atoms with E-state index in [9.17, 15) is 0 Å². The Hall–Kier alpha value is 0.580. The number of pyridine rings is 1. The molecule has 0 amide bonds. The van der Waals surface area contributed by atoms with Crippen molar-refractivity contribution in [2.24, 2.45) is 0 Å². The van der Waals surface area contributed by atoms with Crippen molar-refractivity contribution in [3.8, 4) is 5.88 Å². The molecule has 0 saturated heterocycles. The molecule has 7 heteroatoms. The predicted molar refractivity (Wildman–Crippen MR) is 65.5 cm³/mol. The van der Waals surface area contributed by atoms with Gasteiger partial charge in [0.2, 0.25) is 5.88 Å². The van der Waals surface area contributed by atoms with E-state index in [2.05, 4.69) is 28.3 Å². The molecule has 0 aliphatic carbocycles. The van der Waals surface area contributed by atoms with Crippen molar-refractivity contribution < 1.29 is 4.74 Å². The van der Waals surface area contributed by atoms with Crippen LogP contribution < -0.4 is 4.74 Å². The molecule has 1 heterocycles. The zero-order valence-corrected chi connectivity index (χ0v) is 10.7. The lowest BCUT2D eigenvalue weighted by Crippen LogP contribution is -1.91. The van der Waals surface area contributed by atoms with Crippen LogP contribution in [0.1, 0.15) is 0 Å². The Labute approximate surface area is 97.4 Å². The minimum Gasteiger partial charge on any atom is -0.480 e. The van der Waals surface area contributed by atoms with Gasteiger partial charge in [0.05, 0.1) is 17.0 Å². The number of rotatable bonds is 2. The molecule has 2 nitrogen and oxygen atoms in total. The lowest BCUT2D eigenvalue weighted by molar-refractivity contribution is 0.387. The molecule has 0 N–H and O–H groups in total. The average molecular weight is 276 g/mol. The molecule has 0 aromatic carbocycles. The maximum absolute atomic E-state index is 5.95. The molecular formula is C6H7Cl2NOS3. The number of hydrogen-bond donors (Lipinski definition) is 2. The molecule has 13 heavy (non-hydrogen) atoms. The number of nitrogens with zero attached hydrogens (tertiary/aromatic N) is 1. The average Bonchev–Trinajstić information content (AvgIpc) is 2.03. The highest BCUT2D eigenvalue weighted by molar-refractivity contribution is 9.25. The molecule has 0 bridgehead atoms. The molecule has 0 spiro atoms. The lowest BCUT2D eigenvalue weighted by Gasteiger charge is -2.21. The lowest BCUT2D eigenvalue weighted by atomic mass is 10.5. The molecule has 1 rings (SSSR count). The van der Waals surface area contributed by atoms with Crippen LogP contribution in [0, 0.1) is 0 Å². The first-order valence-electron chi connectivity index (χ1n) is 3.12. The van der Waals surface area contributed by atoms with Crippen LogP contribution in [-0.4, -0.2) is 12.1 Å². The summed E-state index contributed by atoms with van der Waals surface area (Å²) in [5, 5.41) is 0.483. The molecule has 0 fully saturated rings. The molecule has 0 saturated carbocycles. The van der Waals surface area contributed by atoms with Gasteiger partial charge in [-0.25, -0.2) is 4.98 Å². The number of thiol groups is 2. The van der Waals surface area contributed by atoms with Crippen LogP contribution in [0.5, 0.6) is 5.88 Å². The van der Waals surface area contributed by atoms with Crippen molar-refractivity contribution in [1.29, 1.82) is 0 Å². The Morgan fingerprint density at radius 1 is 1.54 bits per heavy atom. The minimum atomic E-state index is -1.98. The van der Waals surface area contributed by atoms with Crippen molar-refractivity contribution in [2.45, 2.75) is 4.90 Å². The van der Waals surface area contributed by atoms with Crippen LogP contribution in [0.2, 0.25) is 5.02 Å². The van der Waals surface area contributed by atoms with Gasteiger partial charge in [-0.15, -0.1) is 23.3 Å². The van der Waals surface area contributed by atoms with E-state index in [4.69, 9.17) is 27.0 Å². The van der Waals surface area contributed by atoms with Gasteiger partial charge in [-0.3, -0.25) is 0 Å². The van der Waals surface area contributed by atoms with Crippen molar-refractivity contribution in [3.05, 3.63) is 17.3 Å². The van der Waals surface area contributed by atoms with Gasteiger partial charge in [-0.05, 0) is 24.1 Å². The first kappa shape index (κ1) is 11.7. The smallest absolute Gasteiger partial charge is 0.228 e. The second kappa shape index (κ2) is 4.40. The fourth-order valence-corrected chi connectivity index (χ4v) is 2.72. The largest absolute Gasteiger partial charge is 0.480 e. The first-order chi connectivity index (χ1) is 5.95. The van der Waals surface area contributed by atoms with E-state index in [0.29, 0.717) is 15.8 Å². The standard InChI is InChI=1S/C6H7Cl2NOS3/c1-10-6-5(13(8,11)12)2-4(7)3-9-6/h2-3,11-12H,1H3. The molecule has 0 unspecified atom stereocenters. The maximum Gasteiger partial charge on any atom is 0.228 e. The summed E-state index contributed by atoms with van der Waals surface area (Å²) in [6.07, 6.45) is 1.48. The Morgan fingerprint density at radius 2 is 2.15 bits per heavy atom. The summed E-state index contributed by atoms with van der Waals surface area (Å²) in [4.78, 5) is 4.55. The van der Waals surface area contributed by atoms with Crippen molar-refractivity contribution in [3.63, 3.8) is 0 Å². The van der Waals surface area contributed by atoms with E-state index in [1.807, 2.05) is 0 Å². The number of ether oxygens (including phenoxy) is 1. The zero-order valence-electron chi connectivity index (χ0n) is 6.57. The fourth-order valence-electron chi connectivity index (χ4n) is 0.748. The number of halogens is 2. The van der Waals surface area contributed by atoms with Gasteiger partial charge < -0.3 is 4.74 Å². The second-order valence-electron chi connectivity index (χ2n) is 2.14. The normalized spacial score (nSPS) is 12.7. The highest BCUT2D eigenvalue weighted by Crippen LogP contribution is 2.70. The van der Waals surface area contributed by atoms with Crippen molar-refractivity contribution >= 4 is 52.9 Å². The Kier molecular flexibility index (Phi) is 3.94. The van der Waals surface area contributed by atoms with E-state index in [0.717, 1.165) is 0 Å². The van der Waals surface area contributed by atoms with E-state index < -0.39 is 7.31 Å². The van der Waals surface area contributed by atoms with Gasteiger partial charge in [0, 0.05) is 6.20 Å². The van der Waals surface area contributed by atoms with E-state index >= 15 is 0 Å². The Bertz CT molecular complexity index is 315. The van der Waals surface area contributed by atoms with E-state index in [1.165, 1.54) is 13.3 Å². The third-order valence-corrected chi connectivity index (χ3v) is 4.00. The summed E-state index contributed by atoms with van der Waals surface area (Å²) in [5.41, 5.74) is 0. The van der Waals surface area contributed by atoms with Crippen LogP contribution in [0.15, 0.2) is 17.2 Å². The van der Waals surface area contributed by atoms with Crippen LogP contribution in [0.4, 0.5) is 0 Å². The van der Waals surface area contributed by atoms with Gasteiger partial charge in [-0.1, -0.05) is 11.6 Å². The third kappa shape index (κ3) is 3.02. The van der Waals surface area contributed by atoms with E-state index in [-0.39, 0.29) is 0 Å². The quantitative estimate of drug-likeness (QED) is 0.634. The molecule has 74 valence electrons. The molecule has 0 aliphatic rings. The summed E-state index contributed by atoms with van der Waals surface area (Å²) in [7, 11) is 5.47. The van der Waals surface area contributed by atoms with Crippen LogP contribution >= 0.6 is 52.9 Å². The number of aromatic nitrogens is 1. The minimum absolute atomic E-state index is 0.402. The van der Waals surface area contributed by atoms with Crippen LogP contribution in [-0.2, 0) is 0 Å². The first-order valence-corrected chi connectivity index (χ1v) is 8.06. The van der Waals surface area contributed by atoms with Gasteiger partial charge in [0.1, 0.15) is 0 Å². The Balaban J connectivity index is 3.24. The SMILES string of the molecule is COc1ncc(Cl)cc1S(S)(S)Cl. The molecular weight excluding hydrogens is 269 g/mol. The van der Waals surface area contributed by atoms with Crippen molar-refractivity contribution in [2.75, 3.05) is 7.11 Å². The van der Waals surface area contributed by atoms with Crippen LogP contribution in [0.3, 0.4) is 0 Å². The molecule has 1 aromatic heterocycles. The summed E-state index contributed by atoms with van der Waals surface area (Å²) in [5.74, 6) is 0.402. The van der Waals surface area contributed by atoms with E-state index in [1.54, 1.807) is 6.07 Å². The monoisotopic (exact) mass is 275 g/mol. The van der Waals surface area contributed by atoms with Gasteiger partial charge in [0.25, 0.3) is 0 Å². The topological polar surface area (TPSA) is 22.1 Å². The maximum atomic E-state index is 5.95. The summed E-state index contributed by atoms with van der Waals surface area (Å²) in [6, 6.07) is 1.65. The number of hydrogen-bond acceptors (Lipinski definition) is 4. The molecule has 0 aliphatic heterocycles. The summed E-state index contributed by atoms with van der Waals surface area (Å²) >= 11 is 14.0. The molecule has 1 aromatic rings. The van der Waals surface area contributed by atoms with Crippen LogP contribution in [0.25, 0.3) is 0 Å². The fraction of sp³-hybridized carbons (Fsp3) is 0.167. The summed E-state index contributed by atoms with van der Waals surface area (Å²) in [6.45, 7) is 0. The van der Waals surface area contributed by atoms with Gasteiger partial charge in [-0.2, -0.15) is 0 Å². The predicted octanol–water partition coefficient (Wildman–Crippen LogP) is 3.75. The second-order valence-corrected chi connectivity index (χ2v) is 10.8. The highest BCUT2D eigenvalue weighted by atomic mass is 35.8. The third-order valence-electron chi connectivity index (χ3n) is 1.26. The number of methoxy groups -OCH3 is 1. The molecule has 0 radical (unpaired) electrons. The summed E-state index contributed by atoms with van der Waals surface area (Å²) < 4.78 is 5.00. The highest BCUT2D eigenvalue weighted by Gasteiger charge is 2.20. The Morgan fingerprint density at radius 3 is 2.62 bits per heavy atom. The van der Waals surface area contributed by atoms with Gasteiger partial charge >= 0.3 is 0 Å². The molecule has 0 atom stereocenters. The van der Waals surface area contributed by atoms with Gasteiger partial charge in [0.15, 0.2) is 0 Å².